The number of nitrogens with zero attached hydrogens (tertiary/aromatic N) is 2. The first-order chi connectivity index (χ1) is 14.6. The molecule has 9 heteroatoms. The molecule has 0 aliphatic rings. The van der Waals surface area contributed by atoms with Crippen LogP contribution < -0.4 is 21.1 Å². The van der Waals surface area contributed by atoms with E-state index in [0.717, 1.165) is 16.3 Å². The highest BCUT2D eigenvalue weighted by Crippen LogP contribution is 2.24. The second kappa shape index (κ2) is 9.37. The summed E-state index contributed by atoms with van der Waals surface area (Å²) >= 11 is 0. The maximum absolute atomic E-state index is 13.0. The van der Waals surface area contributed by atoms with Crippen LogP contribution in [0.15, 0.2) is 55.0 Å². The van der Waals surface area contributed by atoms with Crippen LogP contribution in [-0.4, -0.2) is 36.1 Å². The number of fused-ring (bicyclic) bond motifs is 1. The number of aromatic nitrogens is 2. The van der Waals surface area contributed by atoms with Gasteiger partial charge in [0.15, 0.2) is 11.5 Å². The van der Waals surface area contributed by atoms with E-state index in [1.165, 1.54) is 26.6 Å². The van der Waals surface area contributed by atoms with Gasteiger partial charge in [0.25, 0.3) is 5.91 Å². The first-order valence-corrected chi connectivity index (χ1v) is 9.00. The molecule has 0 aliphatic carbocycles. The number of hydrogen-bond donors (Lipinski definition) is 3. The highest BCUT2D eigenvalue weighted by atomic mass is 16.5. The molecule has 1 aromatic heterocycles. The quantitative estimate of drug-likeness (QED) is 0.509. The minimum Gasteiger partial charge on any atom is -0.480 e. The molecule has 9 nitrogen and oxygen atoms in total. The number of benzene rings is 2. The summed E-state index contributed by atoms with van der Waals surface area (Å²) in [6, 6.07) is 11.1. The number of amides is 1. The van der Waals surface area contributed by atoms with E-state index in [-0.39, 0.29) is 17.4 Å². The van der Waals surface area contributed by atoms with E-state index in [9.17, 15) is 9.59 Å². The summed E-state index contributed by atoms with van der Waals surface area (Å²) in [5.74, 6) is -1.06. The van der Waals surface area contributed by atoms with Gasteiger partial charge in [0, 0.05) is 24.5 Å². The van der Waals surface area contributed by atoms with Crippen molar-refractivity contribution in [1.29, 1.82) is 0 Å². The van der Waals surface area contributed by atoms with Crippen molar-refractivity contribution in [3.63, 3.8) is 0 Å². The van der Waals surface area contributed by atoms with E-state index in [4.69, 9.17) is 15.2 Å². The van der Waals surface area contributed by atoms with Crippen molar-refractivity contribution in [3.8, 4) is 5.88 Å². The Labute approximate surface area is 172 Å². The third kappa shape index (κ3) is 4.30. The molecular weight excluding hydrogens is 386 g/mol. The average molecular weight is 407 g/mol. The highest BCUT2D eigenvalue weighted by molar-refractivity contribution is 6.14. The van der Waals surface area contributed by atoms with Gasteiger partial charge in [-0.2, -0.15) is 0 Å². The van der Waals surface area contributed by atoms with Crippen molar-refractivity contribution < 1.29 is 19.1 Å². The molecule has 0 spiro atoms. The number of rotatable bonds is 7. The van der Waals surface area contributed by atoms with Crippen molar-refractivity contribution in [1.82, 2.24) is 15.3 Å². The van der Waals surface area contributed by atoms with Crippen LogP contribution in [0.5, 0.6) is 5.88 Å². The zero-order chi connectivity index (χ0) is 21.5. The normalized spacial score (nSPS) is 10.7. The van der Waals surface area contributed by atoms with Gasteiger partial charge in [-0.05, 0) is 22.4 Å². The van der Waals surface area contributed by atoms with Gasteiger partial charge in [0.05, 0.1) is 20.4 Å². The fourth-order valence-electron chi connectivity index (χ4n) is 2.93. The minimum absolute atomic E-state index is 0.0180. The van der Waals surface area contributed by atoms with Gasteiger partial charge >= 0.3 is 5.97 Å². The molecule has 1 heterocycles. The first kappa shape index (κ1) is 20.6. The number of hydrogen-bond acceptors (Lipinski definition) is 8. The lowest BCUT2D eigenvalue weighted by molar-refractivity contribution is 0.0594. The summed E-state index contributed by atoms with van der Waals surface area (Å²) < 4.78 is 9.72. The lowest BCUT2D eigenvalue weighted by atomic mass is 9.99. The number of carbonyl (C=O) groups is 2. The lowest BCUT2D eigenvalue weighted by Gasteiger charge is -2.13. The molecule has 4 N–H and O–H groups in total. The fraction of sp³-hybridized carbons (Fsp3) is 0.143. The van der Waals surface area contributed by atoms with E-state index in [0.29, 0.717) is 12.1 Å². The third-order valence-electron chi connectivity index (χ3n) is 4.34. The molecule has 0 saturated carbocycles. The van der Waals surface area contributed by atoms with Gasteiger partial charge in [-0.15, -0.1) is 0 Å². The van der Waals surface area contributed by atoms with Crippen LogP contribution in [0.2, 0.25) is 0 Å². The van der Waals surface area contributed by atoms with Crippen LogP contribution in [0.4, 0.5) is 5.82 Å². The van der Waals surface area contributed by atoms with Crippen molar-refractivity contribution in [2.75, 3.05) is 19.5 Å². The van der Waals surface area contributed by atoms with Gasteiger partial charge in [-0.25, -0.2) is 14.8 Å². The van der Waals surface area contributed by atoms with E-state index < -0.39 is 11.9 Å². The van der Waals surface area contributed by atoms with Gasteiger partial charge in [-0.3, -0.25) is 4.79 Å². The number of ether oxygens (including phenoxy) is 2. The lowest BCUT2D eigenvalue weighted by Crippen LogP contribution is -2.18. The molecule has 3 rings (SSSR count). The van der Waals surface area contributed by atoms with E-state index in [1.807, 2.05) is 30.3 Å². The summed E-state index contributed by atoms with van der Waals surface area (Å²) in [5, 5.41) is 7.40. The molecule has 0 aliphatic heterocycles. The smallest absolute Gasteiger partial charge is 0.360 e. The topological polar surface area (TPSA) is 128 Å². The van der Waals surface area contributed by atoms with Crippen LogP contribution >= 0.6 is 0 Å². The number of anilines is 1. The molecule has 0 unspecified atom stereocenters. The van der Waals surface area contributed by atoms with Crippen molar-refractivity contribution in [2.24, 2.45) is 5.73 Å². The summed E-state index contributed by atoms with van der Waals surface area (Å²) in [4.78, 5) is 33.2. The Morgan fingerprint density at radius 1 is 1.13 bits per heavy atom. The summed E-state index contributed by atoms with van der Waals surface area (Å²) in [6.45, 7) is 0.548. The Balaban J connectivity index is 1.97. The molecule has 0 saturated heterocycles. The molecule has 3 aromatic rings. The third-order valence-corrected chi connectivity index (χ3v) is 4.34. The molecule has 0 atom stereocenters. The van der Waals surface area contributed by atoms with Gasteiger partial charge < -0.3 is 25.8 Å². The Morgan fingerprint density at radius 3 is 2.60 bits per heavy atom. The second-order valence-electron chi connectivity index (χ2n) is 6.11. The van der Waals surface area contributed by atoms with Crippen LogP contribution in [-0.2, 0) is 11.3 Å². The SMILES string of the molecule is COC(=O)c1nc(OC)cnc1NC(=O)c1ccc(CN/C=C\N)c2ccccc12. The monoisotopic (exact) mass is 407 g/mol. The predicted octanol–water partition coefficient (Wildman–Crippen LogP) is 2.20. The zero-order valence-electron chi connectivity index (χ0n) is 16.5. The number of carbonyl (C=O) groups excluding carboxylic acids is 2. The Morgan fingerprint density at radius 2 is 1.90 bits per heavy atom. The summed E-state index contributed by atoms with van der Waals surface area (Å²) in [5.41, 5.74) is 6.63. The fourth-order valence-corrected chi connectivity index (χ4v) is 2.93. The van der Waals surface area contributed by atoms with Crippen LogP contribution in [0, 0.1) is 0 Å². The Kier molecular flexibility index (Phi) is 6.43. The molecule has 30 heavy (non-hydrogen) atoms. The molecule has 2 aromatic carbocycles. The van der Waals surface area contributed by atoms with Gasteiger partial charge in [0.2, 0.25) is 5.88 Å². The first-order valence-electron chi connectivity index (χ1n) is 9.00. The van der Waals surface area contributed by atoms with Crippen LogP contribution in [0.3, 0.4) is 0 Å². The summed E-state index contributed by atoms with van der Waals surface area (Å²) in [6.07, 6.45) is 4.37. The number of esters is 1. The highest BCUT2D eigenvalue weighted by Gasteiger charge is 2.20. The van der Waals surface area contributed by atoms with E-state index >= 15 is 0 Å². The standard InChI is InChI=1S/C21H21N5O4/c1-29-17-12-24-19(18(25-17)21(28)30-2)26-20(27)16-8-7-13(11-23-10-9-22)14-5-3-4-6-15(14)16/h3-10,12,23H,11,22H2,1-2H3,(H,24,26,27)/b10-9-. The van der Waals surface area contributed by atoms with E-state index in [2.05, 4.69) is 20.6 Å². The Hall–Kier alpha value is -4.14. The minimum atomic E-state index is -0.740. The largest absolute Gasteiger partial charge is 0.480 e. The summed E-state index contributed by atoms with van der Waals surface area (Å²) in [7, 11) is 2.62. The molecule has 1 amide bonds. The maximum atomic E-state index is 13.0. The molecule has 0 bridgehead atoms. The van der Waals surface area contributed by atoms with Crippen LogP contribution in [0.1, 0.15) is 26.4 Å². The van der Waals surface area contributed by atoms with Crippen LogP contribution in [0.25, 0.3) is 10.8 Å². The van der Waals surface area contributed by atoms with E-state index in [1.54, 1.807) is 12.3 Å². The maximum Gasteiger partial charge on any atom is 0.360 e. The second-order valence-corrected chi connectivity index (χ2v) is 6.11. The van der Waals surface area contributed by atoms with Crippen molar-refractivity contribution >= 4 is 28.5 Å². The molecule has 154 valence electrons. The number of methoxy groups -OCH3 is 2. The Bertz CT molecular complexity index is 1110. The van der Waals surface area contributed by atoms with Gasteiger partial charge in [-0.1, -0.05) is 30.3 Å². The molecule has 0 fully saturated rings. The molecular formula is C21H21N5O4. The number of nitrogens with two attached hydrogens (primary N) is 1. The average Bonchev–Trinajstić information content (AvgIpc) is 2.78. The molecule has 0 radical (unpaired) electrons. The van der Waals surface area contributed by atoms with Gasteiger partial charge in [0.1, 0.15) is 0 Å². The number of nitrogens with one attached hydrogen (secondary N) is 2. The van der Waals surface area contributed by atoms with Crippen molar-refractivity contribution in [2.45, 2.75) is 6.54 Å². The zero-order valence-corrected chi connectivity index (χ0v) is 16.5. The van der Waals surface area contributed by atoms with Crippen molar-refractivity contribution in [3.05, 3.63) is 71.8 Å². The predicted molar refractivity (Wildman–Crippen MR) is 112 cm³/mol.